The molecule has 0 unspecified atom stereocenters. The van der Waals surface area contributed by atoms with E-state index in [-0.39, 0.29) is 0 Å². The van der Waals surface area contributed by atoms with Crippen LogP contribution in [0.2, 0.25) is 0 Å². The van der Waals surface area contributed by atoms with Gasteiger partial charge in [-0.1, -0.05) is 25.1 Å². The molecule has 0 saturated carbocycles. The van der Waals surface area contributed by atoms with Gasteiger partial charge < -0.3 is 20.5 Å². The largest absolute Gasteiger partial charge is 0.497 e. The first-order chi connectivity index (χ1) is 10.2. The van der Waals surface area contributed by atoms with Crippen molar-refractivity contribution in [2.75, 3.05) is 24.8 Å². The number of ether oxygens (including phenoxy) is 2. The molecular weight excluding hydrogens is 264 g/mol. The molecular formula is C17H22N2O2. The van der Waals surface area contributed by atoms with Gasteiger partial charge in [-0.25, -0.2) is 0 Å². The van der Waals surface area contributed by atoms with Crippen LogP contribution in [-0.4, -0.2) is 13.7 Å². The van der Waals surface area contributed by atoms with Crippen LogP contribution in [0, 0.1) is 0 Å². The monoisotopic (exact) mass is 286 g/mol. The van der Waals surface area contributed by atoms with Crippen molar-refractivity contribution in [3.8, 4) is 11.5 Å². The Morgan fingerprint density at radius 2 is 1.86 bits per heavy atom. The maximum atomic E-state index is 6.13. The van der Waals surface area contributed by atoms with E-state index < -0.39 is 0 Å². The van der Waals surface area contributed by atoms with Crippen LogP contribution in [0.3, 0.4) is 0 Å². The summed E-state index contributed by atoms with van der Waals surface area (Å²) in [5, 5.41) is 3.34. The number of nitrogens with two attached hydrogens (primary N) is 1. The van der Waals surface area contributed by atoms with Crippen LogP contribution in [0.15, 0.2) is 42.5 Å². The fourth-order valence-electron chi connectivity index (χ4n) is 1.98. The van der Waals surface area contributed by atoms with Crippen LogP contribution in [0.25, 0.3) is 0 Å². The third-order valence-electron chi connectivity index (χ3n) is 3.17. The molecule has 0 amide bonds. The fourth-order valence-corrected chi connectivity index (χ4v) is 1.98. The second kappa shape index (κ2) is 7.43. The van der Waals surface area contributed by atoms with E-state index in [1.54, 1.807) is 7.11 Å². The van der Waals surface area contributed by atoms with E-state index in [0.717, 1.165) is 29.2 Å². The number of benzene rings is 2. The number of hydrogen-bond donors (Lipinski definition) is 2. The van der Waals surface area contributed by atoms with E-state index in [9.17, 15) is 0 Å². The van der Waals surface area contributed by atoms with Crippen molar-refractivity contribution < 1.29 is 9.47 Å². The highest BCUT2D eigenvalue weighted by Crippen LogP contribution is 2.29. The van der Waals surface area contributed by atoms with Crippen molar-refractivity contribution in [3.05, 3.63) is 48.0 Å². The Balaban J connectivity index is 2.01. The number of methoxy groups -OCH3 is 1. The van der Waals surface area contributed by atoms with E-state index in [1.807, 2.05) is 42.5 Å². The summed E-state index contributed by atoms with van der Waals surface area (Å²) in [5.74, 6) is 1.59. The van der Waals surface area contributed by atoms with Crippen LogP contribution in [-0.2, 0) is 6.54 Å². The first-order valence-electron chi connectivity index (χ1n) is 7.12. The molecule has 0 atom stereocenters. The van der Waals surface area contributed by atoms with Gasteiger partial charge in [-0.2, -0.15) is 0 Å². The predicted octanol–water partition coefficient (Wildman–Crippen LogP) is 3.68. The molecule has 0 heterocycles. The summed E-state index contributed by atoms with van der Waals surface area (Å²) in [5.41, 5.74) is 8.83. The summed E-state index contributed by atoms with van der Waals surface area (Å²) in [6.07, 6.45) is 0.961. The second-order valence-corrected chi connectivity index (χ2v) is 4.77. The number of nitrogen functional groups attached to an aromatic ring is 1. The molecule has 0 bridgehead atoms. The third-order valence-corrected chi connectivity index (χ3v) is 3.17. The number of para-hydroxylation sites is 1. The van der Waals surface area contributed by atoms with Gasteiger partial charge in [0.2, 0.25) is 0 Å². The molecule has 2 aromatic carbocycles. The van der Waals surface area contributed by atoms with Gasteiger partial charge in [0.25, 0.3) is 0 Å². The molecule has 0 aromatic heterocycles. The first kappa shape index (κ1) is 15.0. The van der Waals surface area contributed by atoms with Crippen LogP contribution in [0.4, 0.5) is 11.4 Å². The zero-order chi connectivity index (χ0) is 15.1. The molecule has 0 spiro atoms. The Bertz CT molecular complexity index is 568. The Morgan fingerprint density at radius 3 is 2.52 bits per heavy atom. The molecule has 4 heteroatoms. The first-order valence-corrected chi connectivity index (χ1v) is 7.12. The fraction of sp³-hybridized carbons (Fsp3) is 0.294. The molecule has 4 nitrogen and oxygen atoms in total. The van der Waals surface area contributed by atoms with Gasteiger partial charge in [-0.15, -0.1) is 0 Å². The average molecular weight is 286 g/mol. The van der Waals surface area contributed by atoms with Crippen LogP contribution >= 0.6 is 0 Å². The summed E-state index contributed by atoms with van der Waals surface area (Å²) in [6, 6.07) is 13.7. The molecule has 2 rings (SSSR count). The van der Waals surface area contributed by atoms with E-state index in [2.05, 4.69) is 12.2 Å². The standard InChI is InChI=1S/C17H22N2O2/c1-3-11-21-16-6-4-5-15(17(16)18)19-12-13-7-9-14(20-2)10-8-13/h4-10,19H,3,11-12,18H2,1-2H3. The molecule has 0 radical (unpaired) electrons. The summed E-state index contributed by atoms with van der Waals surface area (Å²) >= 11 is 0. The number of rotatable bonds is 7. The number of anilines is 2. The Labute approximate surface area is 125 Å². The maximum Gasteiger partial charge on any atom is 0.144 e. The van der Waals surface area contributed by atoms with Crippen molar-refractivity contribution in [1.82, 2.24) is 0 Å². The lowest BCUT2D eigenvalue weighted by atomic mass is 10.2. The molecule has 0 aliphatic rings. The quantitative estimate of drug-likeness (QED) is 0.762. The molecule has 0 aliphatic carbocycles. The van der Waals surface area contributed by atoms with E-state index >= 15 is 0 Å². The minimum Gasteiger partial charge on any atom is -0.497 e. The lowest BCUT2D eigenvalue weighted by molar-refractivity contribution is 0.319. The minimum atomic E-state index is 0.652. The van der Waals surface area contributed by atoms with Crippen molar-refractivity contribution in [1.29, 1.82) is 0 Å². The molecule has 3 N–H and O–H groups in total. The summed E-state index contributed by atoms with van der Waals surface area (Å²) in [7, 11) is 1.66. The molecule has 0 saturated heterocycles. The molecule has 0 fully saturated rings. The second-order valence-electron chi connectivity index (χ2n) is 4.77. The SMILES string of the molecule is CCCOc1cccc(NCc2ccc(OC)cc2)c1N. The topological polar surface area (TPSA) is 56.5 Å². The van der Waals surface area contributed by atoms with Crippen molar-refractivity contribution >= 4 is 11.4 Å². The minimum absolute atomic E-state index is 0.652. The van der Waals surface area contributed by atoms with Crippen molar-refractivity contribution in [2.45, 2.75) is 19.9 Å². The lowest BCUT2D eigenvalue weighted by Gasteiger charge is -2.13. The Morgan fingerprint density at radius 1 is 1.10 bits per heavy atom. The van der Waals surface area contributed by atoms with Gasteiger partial charge in [0.1, 0.15) is 11.5 Å². The lowest BCUT2D eigenvalue weighted by Crippen LogP contribution is -2.05. The smallest absolute Gasteiger partial charge is 0.144 e. The molecule has 21 heavy (non-hydrogen) atoms. The molecule has 2 aromatic rings. The van der Waals surface area contributed by atoms with Crippen LogP contribution in [0.1, 0.15) is 18.9 Å². The van der Waals surface area contributed by atoms with Crippen LogP contribution < -0.4 is 20.5 Å². The summed E-state index contributed by atoms with van der Waals surface area (Å²) in [4.78, 5) is 0. The zero-order valence-corrected chi connectivity index (χ0v) is 12.6. The summed E-state index contributed by atoms with van der Waals surface area (Å²) < 4.78 is 10.8. The van der Waals surface area contributed by atoms with Crippen molar-refractivity contribution in [3.63, 3.8) is 0 Å². The molecule has 112 valence electrons. The van der Waals surface area contributed by atoms with Crippen molar-refractivity contribution in [2.24, 2.45) is 0 Å². The van der Waals surface area contributed by atoms with Gasteiger partial charge in [-0.05, 0) is 36.2 Å². The number of nitrogens with one attached hydrogen (secondary N) is 1. The van der Waals surface area contributed by atoms with Gasteiger partial charge >= 0.3 is 0 Å². The van der Waals surface area contributed by atoms with E-state index in [1.165, 1.54) is 0 Å². The van der Waals surface area contributed by atoms with Crippen LogP contribution in [0.5, 0.6) is 11.5 Å². The Hall–Kier alpha value is -2.36. The Kier molecular flexibility index (Phi) is 5.32. The number of hydrogen-bond acceptors (Lipinski definition) is 4. The van der Waals surface area contributed by atoms with Gasteiger partial charge in [-0.3, -0.25) is 0 Å². The molecule has 0 aliphatic heterocycles. The maximum absolute atomic E-state index is 6.13. The third kappa shape index (κ3) is 4.05. The van der Waals surface area contributed by atoms with E-state index in [4.69, 9.17) is 15.2 Å². The zero-order valence-electron chi connectivity index (χ0n) is 12.6. The predicted molar refractivity (Wildman–Crippen MR) is 87.0 cm³/mol. The highest BCUT2D eigenvalue weighted by molar-refractivity contribution is 5.72. The van der Waals surface area contributed by atoms with Gasteiger partial charge in [0.15, 0.2) is 0 Å². The highest BCUT2D eigenvalue weighted by Gasteiger charge is 2.05. The highest BCUT2D eigenvalue weighted by atomic mass is 16.5. The summed E-state index contributed by atoms with van der Waals surface area (Å²) in [6.45, 7) is 3.44. The normalized spacial score (nSPS) is 10.2. The van der Waals surface area contributed by atoms with Gasteiger partial charge in [0.05, 0.1) is 25.1 Å². The van der Waals surface area contributed by atoms with Gasteiger partial charge in [0, 0.05) is 6.54 Å². The van der Waals surface area contributed by atoms with E-state index in [0.29, 0.717) is 18.8 Å². The average Bonchev–Trinajstić information content (AvgIpc) is 2.53.